The Hall–Kier alpha value is -2.24. The summed E-state index contributed by atoms with van der Waals surface area (Å²) in [5.41, 5.74) is 0.563. The summed E-state index contributed by atoms with van der Waals surface area (Å²) in [5, 5.41) is 18.4. The van der Waals surface area contributed by atoms with E-state index >= 15 is 0 Å². The van der Waals surface area contributed by atoms with Crippen LogP contribution in [0.15, 0.2) is 24.3 Å². The molecule has 0 saturated heterocycles. The van der Waals surface area contributed by atoms with Crippen molar-refractivity contribution in [2.75, 3.05) is 18.0 Å². The van der Waals surface area contributed by atoms with Crippen LogP contribution in [0, 0.1) is 0 Å². The van der Waals surface area contributed by atoms with Crippen molar-refractivity contribution in [3.8, 4) is 5.75 Å². The van der Waals surface area contributed by atoms with Gasteiger partial charge in [-0.1, -0.05) is 6.07 Å². The zero-order valence-electron chi connectivity index (χ0n) is 11.3. The SMILES string of the molecule is CCN(C(=O)N(CC(=O)O)C1CC1)c1cccc(O)c1. The lowest BCUT2D eigenvalue weighted by atomic mass is 10.2. The van der Waals surface area contributed by atoms with Crippen molar-refractivity contribution in [2.24, 2.45) is 0 Å². The molecule has 1 aliphatic rings. The number of aliphatic carboxylic acids is 1. The molecule has 1 fully saturated rings. The molecule has 6 heteroatoms. The summed E-state index contributed by atoms with van der Waals surface area (Å²) in [6.45, 7) is 1.93. The minimum atomic E-state index is -1.02. The van der Waals surface area contributed by atoms with Gasteiger partial charge in [0.25, 0.3) is 0 Å². The van der Waals surface area contributed by atoms with E-state index in [0.717, 1.165) is 12.8 Å². The number of hydrogen-bond donors (Lipinski definition) is 2. The Bertz CT molecular complexity index is 514. The largest absolute Gasteiger partial charge is 0.508 e. The molecule has 1 aromatic rings. The Balaban J connectivity index is 2.20. The van der Waals surface area contributed by atoms with Crippen LogP contribution in [-0.4, -0.2) is 46.2 Å². The van der Waals surface area contributed by atoms with Crippen molar-refractivity contribution < 1.29 is 19.8 Å². The zero-order chi connectivity index (χ0) is 14.7. The molecule has 108 valence electrons. The van der Waals surface area contributed by atoms with Gasteiger partial charge in [0.1, 0.15) is 12.3 Å². The number of carbonyl (C=O) groups is 2. The average molecular weight is 278 g/mol. The molecule has 0 bridgehead atoms. The molecule has 6 nitrogen and oxygen atoms in total. The van der Waals surface area contributed by atoms with Gasteiger partial charge in [0.05, 0.1) is 0 Å². The first-order valence-corrected chi connectivity index (χ1v) is 6.62. The third-order valence-corrected chi connectivity index (χ3v) is 3.23. The fourth-order valence-corrected chi connectivity index (χ4v) is 2.13. The number of hydrogen-bond acceptors (Lipinski definition) is 3. The average Bonchev–Trinajstić information content (AvgIpc) is 3.21. The van der Waals surface area contributed by atoms with Crippen molar-refractivity contribution in [3.63, 3.8) is 0 Å². The van der Waals surface area contributed by atoms with Crippen LogP contribution in [0.1, 0.15) is 19.8 Å². The van der Waals surface area contributed by atoms with E-state index in [4.69, 9.17) is 5.11 Å². The van der Waals surface area contributed by atoms with Crippen LogP contribution in [0.25, 0.3) is 0 Å². The highest BCUT2D eigenvalue weighted by atomic mass is 16.4. The van der Waals surface area contributed by atoms with Crippen LogP contribution >= 0.6 is 0 Å². The second-order valence-electron chi connectivity index (χ2n) is 4.80. The maximum absolute atomic E-state index is 12.5. The normalized spacial score (nSPS) is 13.8. The molecule has 0 unspecified atom stereocenters. The van der Waals surface area contributed by atoms with Crippen LogP contribution in [0.5, 0.6) is 5.75 Å². The fourth-order valence-electron chi connectivity index (χ4n) is 2.13. The molecule has 1 aromatic carbocycles. The van der Waals surface area contributed by atoms with Gasteiger partial charge in [0.2, 0.25) is 0 Å². The van der Waals surface area contributed by atoms with E-state index < -0.39 is 5.97 Å². The maximum Gasteiger partial charge on any atom is 0.325 e. The molecule has 0 radical (unpaired) electrons. The highest BCUT2D eigenvalue weighted by Crippen LogP contribution is 2.29. The van der Waals surface area contributed by atoms with Gasteiger partial charge in [-0.15, -0.1) is 0 Å². The number of carboxylic acids is 1. The molecular weight excluding hydrogens is 260 g/mol. The molecule has 0 atom stereocenters. The third kappa shape index (κ3) is 3.20. The summed E-state index contributed by atoms with van der Waals surface area (Å²) >= 11 is 0. The Morgan fingerprint density at radius 3 is 2.55 bits per heavy atom. The quantitative estimate of drug-likeness (QED) is 0.861. The second kappa shape index (κ2) is 5.81. The van der Waals surface area contributed by atoms with Crippen LogP contribution in [0.2, 0.25) is 0 Å². The number of phenols is 1. The first-order valence-electron chi connectivity index (χ1n) is 6.62. The van der Waals surface area contributed by atoms with E-state index in [-0.39, 0.29) is 24.4 Å². The molecule has 1 aliphatic carbocycles. The van der Waals surface area contributed by atoms with Gasteiger partial charge in [-0.2, -0.15) is 0 Å². The summed E-state index contributed by atoms with van der Waals surface area (Å²) < 4.78 is 0. The summed E-state index contributed by atoms with van der Waals surface area (Å²) in [6, 6.07) is 6.07. The lowest BCUT2D eigenvalue weighted by molar-refractivity contribution is -0.137. The van der Waals surface area contributed by atoms with Gasteiger partial charge in [-0.05, 0) is 31.9 Å². The number of nitrogens with zero attached hydrogens (tertiary/aromatic N) is 2. The Kier molecular flexibility index (Phi) is 4.12. The molecule has 0 spiro atoms. The Morgan fingerprint density at radius 2 is 2.05 bits per heavy atom. The van der Waals surface area contributed by atoms with E-state index in [1.807, 2.05) is 6.92 Å². The number of carboxylic acid groups (broad SMARTS) is 1. The van der Waals surface area contributed by atoms with Gasteiger partial charge in [-0.3, -0.25) is 9.69 Å². The fraction of sp³-hybridized carbons (Fsp3) is 0.429. The standard InChI is InChI=1S/C14H18N2O4/c1-2-15(11-4-3-5-12(17)8-11)14(20)16(9-13(18)19)10-6-7-10/h3-5,8,10,17H,2,6-7,9H2,1H3,(H,18,19). The molecule has 0 aromatic heterocycles. The van der Waals surface area contributed by atoms with Crippen LogP contribution in [0.4, 0.5) is 10.5 Å². The molecule has 2 rings (SSSR count). The van der Waals surface area contributed by atoms with Gasteiger partial charge in [-0.25, -0.2) is 4.79 Å². The van der Waals surface area contributed by atoms with E-state index in [2.05, 4.69) is 0 Å². The maximum atomic E-state index is 12.5. The van der Waals surface area contributed by atoms with Crippen LogP contribution in [0.3, 0.4) is 0 Å². The van der Waals surface area contributed by atoms with Gasteiger partial charge >= 0.3 is 12.0 Å². The number of urea groups is 1. The van der Waals surface area contributed by atoms with Gasteiger partial charge in [0, 0.05) is 24.3 Å². The van der Waals surface area contributed by atoms with E-state index in [9.17, 15) is 14.7 Å². The number of aromatic hydroxyl groups is 1. The predicted molar refractivity (Wildman–Crippen MR) is 73.9 cm³/mol. The highest BCUT2D eigenvalue weighted by molar-refractivity contribution is 5.94. The van der Waals surface area contributed by atoms with Crippen LogP contribution in [-0.2, 0) is 4.79 Å². The highest BCUT2D eigenvalue weighted by Gasteiger charge is 2.36. The topological polar surface area (TPSA) is 81.1 Å². The monoisotopic (exact) mass is 278 g/mol. The molecule has 2 N–H and O–H groups in total. The summed E-state index contributed by atoms with van der Waals surface area (Å²) in [7, 11) is 0. The number of benzene rings is 1. The number of amides is 2. The summed E-state index contributed by atoms with van der Waals surface area (Å²) in [6.07, 6.45) is 1.69. The Morgan fingerprint density at radius 1 is 1.35 bits per heavy atom. The molecular formula is C14H18N2O4. The molecule has 0 aliphatic heterocycles. The van der Waals surface area contributed by atoms with Crippen molar-refractivity contribution >= 4 is 17.7 Å². The summed E-state index contributed by atoms with van der Waals surface area (Å²) in [5.74, 6) is -0.942. The third-order valence-electron chi connectivity index (χ3n) is 3.23. The van der Waals surface area contributed by atoms with Gasteiger partial charge < -0.3 is 15.1 Å². The van der Waals surface area contributed by atoms with Crippen LogP contribution < -0.4 is 4.90 Å². The lowest BCUT2D eigenvalue weighted by Gasteiger charge is -2.29. The Labute approximate surface area is 117 Å². The lowest BCUT2D eigenvalue weighted by Crippen LogP contribution is -2.46. The van der Waals surface area contributed by atoms with E-state index in [1.54, 1.807) is 12.1 Å². The number of phenolic OH excluding ortho intramolecular Hbond substituents is 1. The van der Waals surface area contributed by atoms with Crippen molar-refractivity contribution in [3.05, 3.63) is 24.3 Å². The predicted octanol–water partition coefficient (Wildman–Crippen LogP) is 1.89. The smallest absolute Gasteiger partial charge is 0.325 e. The summed E-state index contributed by atoms with van der Waals surface area (Å²) in [4.78, 5) is 26.3. The minimum Gasteiger partial charge on any atom is -0.508 e. The first-order chi connectivity index (χ1) is 9.52. The molecule has 2 amide bonds. The zero-order valence-corrected chi connectivity index (χ0v) is 11.3. The van der Waals surface area contributed by atoms with Crippen molar-refractivity contribution in [1.29, 1.82) is 0 Å². The number of anilines is 1. The molecule has 1 saturated carbocycles. The molecule has 20 heavy (non-hydrogen) atoms. The number of rotatable bonds is 5. The minimum absolute atomic E-state index is 0.0185. The number of carbonyl (C=O) groups excluding carboxylic acids is 1. The first kappa shape index (κ1) is 14.2. The second-order valence-corrected chi connectivity index (χ2v) is 4.80. The van der Waals surface area contributed by atoms with Crippen molar-refractivity contribution in [1.82, 2.24) is 4.90 Å². The van der Waals surface area contributed by atoms with Crippen molar-refractivity contribution in [2.45, 2.75) is 25.8 Å². The van der Waals surface area contributed by atoms with Gasteiger partial charge in [0.15, 0.2) is 0 Å². The van der Waals surface area contributed by atoms with E-state index in [1.165, 1.54) is 21.9 Å². The van der Waals surface area contributed by atoms with E-state index in [0.29, 0.717) is 12.2 Å². The molecule has 0 heterocycles.